The van der Waals surface area contributed by atoms with Crippen molar-refractivity contribution in [2.75, 3.05) is 5.32 Å². The number of alkyl halides is 3. The fraction of sp³-hybridized carbons (Fsp3) is 0.500. The Morgan fingerprint density at radius 1 is 1.32 bits per heavy atom. The second-order valence-electron chi connectivity index (χ2n) is 4.53. The van der Waals surface area contributed by atoms with Crippen molar-refractivity contribution >= 4 is 23.5 Å². The van der Waals surface area contributed by atoms with E-state index in [-0.39, 0.29) is 5.82 Å². The van der Waals surface area contributed by atoms with E-state index in [1.165, 1.54) is 0 Å². The van der Waals surface area contributed by atoms with Gasteiger partial charge in [0.2, 0.25) is 5.28 Å². The molecule has 1 aromatic rings. The van der Waals surface area contributed by atoms with Gasteiger partial charge < -0.3 is 4.74 Å². The first-order chi connectivity index (χ1) is 8.47. The average Bonchev–Trinajstić information content (AvgIpc) is 2.11. The van der Waals surface area contributed by atoms with Crippen molar-refractivity contribution in [3.63, 3.8) is 0 Å². The predicted molar refractivity (Wildman–Crippen MR) is 61.9 cm³/mol. The van der Waals surface area contributed by atoms with Gasteiger partial charge in [0.05, 0.1) is 0 Å². The van der Waals surface area contributed by atoms with Gasteiger partial charge in [-0.15, -0.1) is 0 Å². The van der Waals surface area contributed by atoms with Gasteiger partial charge in [-0.25, -0.2) is 14.8 Å². The average molecular weight is 298 g/mol. The van der Waals surface area contributed by atoms with Crippen molar-refractivity contribution in [2.24, 2.45) is 0 Å². The highest BCUT2D eigenvalue weighted by molar-refractivity contribution is 6.28. The Bertz CT molecular complexity index is 486. The minimum atomic E-state index is -4.68. The summed E-state index contributed by atoms with van der Waals surface area (Å²) >= 11 is 5.36. The Morgan fingerprint density at radius 2 is 1.89 bits per heavy atom. The van der Waals surface area contributed by atoms with Crippen molar-refractivity contribution in [3.8, 4) is 0 Å². The Morgan fingerprint density at radius 3 is 2.37 bits per heavy atom. The van der Waals surface area contributed by atoms with Crippen LogP contribution in [0, 0.1) is 0 Å². The van der Waals surface area contributed by atoms with Crippen LogP contribution in [-0.4, -0.2) is 21.7 Å². The summed E-state index contributed by atoms with van der Waals surface area (Å²) in [5, 5.41) is 1.43. The number of carbonyl (C=O) groups excluding carboxylic acids is 1. The number of amides is 1. The molecule has 0 aliphatic rings. The molecule has 0 saturated heterocycles. The van der Waals surface area contributed by atoms with Crippen LogP contribution in [-0.2, 0) is 10.9 Å². The van der Waals surface area contributed by atoms with Crippen LogP contribution in [0.2, 0.25) is 5.28 Å². The van der Waals surface area contributed by atoms with E-state index in [0.29, 0.717) is 6.07 Å². The van der Waals surface area contributed by atoms with Crippen LogP contribution in [0.4, 0.5) is 23.8 Å². The highest BCUT2D eigenvalue weighted by Crippen LogP contribution is 2.29. The number of nitrogens with one attached hydrogen (secondary N) is 1. The third-order valence-corrected chi connectivity index (χ3v) is 1.79. The standard InChI is InChI=1S/C10H11ClF3N3O2/c1-9(2,3)19-8(18)17-6-4-5(10(12,13)14)15-7(11)16-6/h4H,1-3H3,(H,15,16,17,18). The largest absolute Gasteiger partial charge is 0.444 e. The lowest BCUT2D eigenvalue weighted by Gasteiger charge is -2.19. The number of hydrogen-bond donors (Lipinski definition) is 1. The maximum atomic E-state index is 12.5. The van der Waals surface area contributed by atoms with Crippen LogP contribution in [0.25, 0.3) is 0 Å². The zero-order valence-electron chi connectivity index (χ0n) is 10.3. The van der Waals surface area contributed by atoms with Crippen LogP contribution in [0.15, 0.2) is 6.07 Å². The van der Waals surface area contributed by atoms with E-state index >= 15 is 0 Å². The molecule has 1 amide bonds. The van der Waals surface area contributed by atoms with Crippen molar-refractivity contribution in [2.45, 2.75) is 32.5 Å². The summed E-state index contributed by atoms with van der Waals surface area (Å²) in [6.45, 7) is 4.84. The molecule has 1 N–H and O–H groups in total. The molecule has 1 heterocycles. The van der Waals surface area contributed by atoms with Crippen LogP contribution in [0.5, 0.6) is 0 Å². The third kappa shape index (κ3) is 5.29. The zero-order valence-corrected chi connectivity index (χ0v) is 11.1. The highest BCUT2D eigenvalue weighted by atomic mass is 35.5. The summed E-state index contributed by atoms with van der Waals surface area (Å²) in [4.78, 5) is 17.9. The van der Waals surface area contributed by atoms with E-state index in [9.17, 15) is 18.0 Å². The molecule has 0 fully saturated rings. The Kier molecular flexibility index (Phi) is 4.24. The van der Waals surface area contributed by atoms with Crippen LogP contribution >= 0.6 is 11.6 Å². The molecule has 1 aromatic heterocycles. The molecule has 0 spiro atoms. The summed E-state index contributed by atoms with van der Waals surface area (Å²) in [7, 11) is 0. The summed E-state index contributed by atoms with van der Waals surface area (Å²) in [5.74, 6) is -0.387. The van der Waals surface area contributed by atoms with Gasteiger partial charge in [0.15, 0.2) is 5.69 Å². The maximum Gasteiger partial charge on any atom is 0.433 e. The lowest BCUT2D eigenvalue weighted by molar-refractivity contribution is -0.141. The number of hydrogen-bond acceptors (Lipinski definition) is 4. The van der Waals surface area contributed by atoms with Crippen molar-refractivity contribution < 1.29 is 22.7 Å². The van der Waals surface area contributed by atoms with Crippen LogP contribution in [0.3, 0.4) is 0 Å². The van der Waals surface area contributed by atoms with Gasteiger partial charge in [0.1, 0.15) is 11.4 Å². The topological polar surface area (TPSA) is 64.1 Å². The molecule has 9 heteroatoms. The summed E-state index contributed by atoms with van der Waals surface area (Å²) < 4.78 is 42.3. The number of halogens is 4. The van der Waals surface area contributed by atoms with E-state index in [4.69, 9.17) is 16.3 Å². The maximum absolute atomic E-state index is 12.5. The zero-order chi connectivity index (χ0) is 14.8. The second-order valence-corrected chi connectivity index (χ2v) is 4.87. The molecule has 0 aliphatic heterocycles. The fourth-order valence-corrected chi connectivity index (χ4v) is 1.22. The quantitative estimate of drug-likeness (QED) is 0.806. The number of anilines is 1. The lowest BCUT2D eigenvalue weighted by Crippen LogP contribution is -2.27. The first-order valence-electron chi connectivity index (χ1n) is 5.09. The molecule has 0 atom stereocenters. The Balaban J connectivity index is 2.91. The van der Waals surface area contributed by atoms with E-state index < -0.39 is 28.8 Å². The number of ether oxygens (including phenoxy) is 1. The molecule has 0 bridgehead atoms. The molecular weight excluding hydrogens is 287 g/mol. The van der Waals surface area contributed by atoms with Gasteiger partial charge in [-0.1, -0.05) is 0 Å². The molecule has 0 unspecified atom stereocenters. The molecule has 1 rings (SSSR count). The summed E-state index contributed by atoms with van der Waals surface area (Å²) in [6, 6.07) is 0.565. The van der Waals surface area contributed by atoms with Gasteiger partial charge in [0, 0.05) is 6.07 Å². The minimum Gasteiger partial charge on any atom is -0.444 e. The molecule has 0 radical (unpaired) electrons. The SMILES string of the molecule is CC(C)(C)OC(=O)Nc1cc(C(F)(F)F)nc(Cl)n1. The van der Waals surface area contributed by atoms with E-state index in [2.05, 4.69) is 15.3 Å². The van der Waals surface area contributed by atoms with Gasteiger partial charge in [0.25, 0.3) is 0 Å². The van der Waals surface area contributed by atoms with Crippen LogP contribution in [0.1, 0.15) is 26.5 Å². The van der Waals surface area contributed by atoms with Crippen molar-refractivity contribution in [1.82, 2.24) is 9.97 Å². The third-order valence-electron chi connectivity index (χ3n) is 1.62. The monoisotopic (exact) mass is 297 g/mol. The first-order valence-corrected chi connectivity index (χ1v) is 5.47. The second kappa shape index (κ2) is 5.20. The number of carbonyl (C=O) groups is 1. The number of nitrogens with zero attached hydrogens (tertiary/aromatic N) is 2. The van der Waals surface area contributed by atoms with Gasteiger partial charge in [-0.2, -0.15) is 13.2 Å². The van der Waals surface area contributed by atoms with Gasteiger partial charge in [-0.05, 0) is 32.4 Å². The molecule has 106 valence electrons. The highest BCUT2D eigenvalue weighted by Gasteiger charge is 2.33. The van der Waals surface area contributed by atoms with Crippen molar-refractivity contribution in [3.05, 3.63) is 17.0 Å². The van der Waals surface area contributed by atoms with Gasteiger partial charge >= 0.3 is 12.3 Å². The van der Waals surface area contributed by atoms with Crippen molar-refractivity contribution in [1.29, 1.82) is 0 Å². The predicted octanol–water partition coefficient (Wildman–Crippen LogP) is 3.50. The molecule has 19 heavy (non-hydrogen) atoms. The molecule has 0 aliphatic carbocycles. The fourth-order valence-electron chi connectivity index (χ4n) is 1.04. The minimum absolute atomic E-state index is 0.387. The van der Waals surface area contributed by atoms with E-state index in [1.54, 1.807) is 20.8 Å². The smallest absolute Gasteiger partial charge is 0.433 e. The lowest BCUT2D eigenvalue weighted by atomic mass is 10.2. The number of aromatic nitrogens is 2. The summed E-state index contributed by atoms with van der Waals surface area (Å²) in [6.07, 6.45) is -5.62. The van der Waals surface area contributed by atoms with E-state index in [1.807, 2.05) is 0 Å². The Hall–Kier alpha value is -1.57. The molecular formula is C10H11ClF3N3O2. The molecule has 0 saturated carbocycles. The Labute approximate surface area is 112 Å². The first kappa shape index (κ1) is 15.5. The van der Waals surface area contributed by atoms with Gasteiger partial charge in [-0.3, -0.25) is 5.32 Å². The summed E-state index contributed by atoms with van der Waals surface area (Å²) in [5.41, 5.74) is -2.04. The molecule has 0 aromatic carbocycles. The van der Waals surface area contributed by atoms with Crippen LogP contribution < -0.4 is 5.32 Å². The molecule has 5 nitrogen and oxygen atoms in total. The number of rotatable bonds is 1. The van der Waals surface area contributed by atoms with E-state index in [0.717, 1.165) is 0 Å². The normalized spacial score (nSPS) is 12.2.